The van der Waals surface area contributed by atoms with Gasteiger partial charge in [-0.05, 0) is 30.5 Å². The normalized spacial score (nSPS) is 22.4. The number of nitrogens with zero attached hydrogens (tertiary/aromatic N) is 2. The molecule has 9 heteroatoms. The molecule has 1 aliphatic heterocycles. The molecule has 1 aliphatic rings. The number of rotatable bonds is 3. The molecule has 0 aliphatic carbocycles. The van der Waals surface area contributed by atoms with Crippen LogP contribution in [0.2, 0.25) is 0 Å². The van der Waals surface area contributed by atoms with E-state index in [-0.39, 0.29) is 22.9 Å². The molecule has 0 bridgehead atoms. The Labute approximate surface area is 135 Å². The first-order valence-electron chi connectivity index (χ1n) is 7.22. The lowest BCUT2D eigenvalue weighted by molar-refractivity contribution is 0.195. The first-order valence-corrected chi connectivity index (χ1v) is 10.5. The third-order valence-corrected chi connectivity index (χ3v) is 7.22. The standard InChI is InChI=1S/C14H19N3O4S2/c1-11-10-22(18,19)8-7-17(11)15-23(20,21)13-4-3-12-5-6-16(2)14(12)9-13/h3-6,9,11,15H,7-8,10H2,1-2H3. The molecule has 0 saturated carbocycles. The summed E-state index contributed by atoms with van der Waals surface area (Å²) < 4.78 is 50.2. The Kier molecular flexibility index (Phi) is 3.99. The van der Waals surface area contributed by atoms with Gasteiger partial charge in [-0.2, -0.15) is 0 Å². The van der Waals surface area contributed by atoms with Crippen LogP contribution in [0.5, 0.6) is 0 Å². The van der Waals surface area contributed by atoms with Gasteiger partial charge >= 0.3 is 0 Å². The zero-order valence-corrected chi connectivity index (χ0v) is 14.6. The Morgan fingerprint density at radius 3 is 2.70 bits per heavy atom. The summed E-state index contributed by atoms with van der Waals surface area (Å²) >= 11 is 0. The molecule has 2 aromatic rings. The fourth-order valence-corrected chi connectivity index (χ4v) is 5.51. The van der Waals surface area contributed by atoms with E-state index in [0.717, 1.165) is 10.9 Å². The SMILES string of the molecule is CC1CS(=O)(=O)CCN1NS(=O)(=O)c1ccc2ccn(C)c2c1. The Morgan fingerprint density at radius 2 is 2.00 bits per heavy atom. The zero-order chi connectivity index (χ0) is 16.8. The summed E-state index contributed by atoms with van der Waals surface area (Å²) in [4.78, 5) is 2.67. The third-order valence-electron chi connectivity index (χ3n) is 4.08. The topological polar surface area (TPSA) is 88.5 Å². The summed E-state index contributed by atoms with van der Waals surface area (Å²) in [6.45, 7) is 1.84. The molecule has 23 heavy (non-hydrogen) atoms. The lowest BCUT2D eigenvalue weighted by Crippen LogP contribution is -2.55. The van der Waals surface area contributed by atoms with E-state index in [1.807, 2.05) is 23.9 Å². The van der Waals surface area contributed by atoms with Gasteiger partial charge in [-0.25, -0.2) is 21.8 Å². The van der Waals surface area contributed by atoms with Crippen LogP contribution in [0, 0.1) is 0 Å². The van der Waals surface area contributed by atoms with Gasteiger partial charge in [0.25, 0.3) is 10.0 Å². The largest absolute Gasteiger partial charge is 0.351 e. The van der Waals surface area contributed by atoms with Crippen molar-refractivity contribution in [3.8, 4) is 0 Å². The minimum absolute atomic E-state index is 0.0449. The average Bonchev–Trinajstić information content (AvgIpc) is 2.83. The maximum atomic E-state index is 12.6. The molecule has 1 saturated heterocycles. The minimum Gasteiger partial charge on any atom is -0.351 e. The molecule has 3 rings (SSSR count). The van der Waals surface area contributed by atoms with Gasteiger partial charge in [0.2, 0.25) is 0 Å². The van der Waals surface area contributed by atoms with Crippen LogP contribution in [0.25, 0.3) is 10.9 Å². The van der Waals surface area contributed by atoms with Crippen molar-refractivity contribution in [1.29, 1.82) is 0 Å². The van der Waals surface area contributed by atoms with E-state index in [1.54, 1.807) is 25.1 Å². The second-order valence-electron chi connectivity index (χ2n) is 5.90. The average molecular weight is 357 g/mol. The first kappa shape index (κ1) is 16.4. The molecule has 2 heterocycles. The van der Waals surface area contributed by atoms with Crippen LogP contribution < -0.4 is 4.83 Å². The highest BCUT2D eigenvalue weighted by atomic mass is 32.2. The molecule has 0 radical (unpaired) electrons. The highest BCUT2D eigenvalue weighted by Crippen LogP contribution is 2.20. The van der Waals surface area contributed by atoms with E-state index in [9.17, 15) is 16.8 Å². The zero-order valence-electron chi connectivity index (χ0n) is 12.9. The van der Waals surface area contributed by atoms with Crippen LogP contribution in [0.4, 0.5) is 0 Å². The predicted octanol–water partition coefficient (Wildman–Crippen LogP) is 0.491. The number of sulfone groups is 1. The molecule has 0 amide bonds. The summed E-state index contributed by atoms with van der Waals surface area (Å²) in [7, 11) is -4.99. The van der Waals surface area contributed by atoms with Crippen molar-refractivity contribution >= 4 is 30.8 Å². The number of aromatic nitrogens is 1. The van der Waals surface area contributed by atoms with Crippen molar-refractivity contribution in [1.82, 2.24) is 14.4 Å². The number of fused-ring (bicyclic) bond motifs is 1. The van der Waals surface area contributed by atoms with Crippen molar-refractivity contribution in [2.45, 2.75) is 17.9 Å². The smallest absolute Gasteiger partial charge is 0.253 e. The third kappa shape index (κ3) is 3.27. The Balaban J connectivity index is 1.87. The van der Waals surface area contributed by atoms with Crippen molar-refractivity contribution in [2.75, 3.05) is 18.1 Å². The lowest BCUT2D eigenvalue weighted by atomic mass is 10.2. The van der Waals surface area contributed by atoms with Crippen molar-refractivity contribution in [3.05, 3.63) is 30.5 Å². The Bertz CT molecular complexity index is 948. The van der Waals surface area contributed by atoms with Crippen LogP contribution in [-0.4, -0.2) is 50.5 Å². The highest BCUT2D eigenvalue weighted by molar-refractivity contribution is 7.91. The molecule has 1 N–H and O–H groups in total. The van der Waals surface area contributed by atoms with Crippen molar-refractivity contribution in [2.24, 2.45) is 7.05 Å². The summed E-state index contributed by atoms with van der Waals surface area (Å²) in [6, 6.07) is 6.44. The Morgan fingerprint density at radius 1 is 1.26 bits per heavy atom. The quantitative estimate of drug-likeness (QED) is 0.864. The minimum atomic E-state index is -3.75. The Hall–Kier alpha value is -1.42. The maximum absolute atomic E-state index is 12.6. The number of nitrogens with one attached hydrogen (secondary N) is 1. The number of hydrogen-bond donors (Lipinski definition) is 1. The molecule has 1 aromatic heterocycles. The monoisotopic (exact) mass is 357 g/mol. The van der Waals surface area contributed by atoms with Gasteiger partial charge in [-0.1, -0.05) is 6.07 Å². The van der Waals surface area contributed by atoms with Crippen LogP contribution in [0.15, 0.2) is 35.4 Å². The van der Waals surface area contributed by atoms with Crippen LogP contribution in [0.3, 0.4) is 0 Å². The van der Waals surface area contributed by atoms with E-state index < -0.39 is 25.9 Å². The molecular weight excluding hydrogens is 338 g/mol. The van der Waals surface area contributed by atoms with Gasteiger partial charge in [0.15, 0.2) is 9.84 Å². The van der Waals surface area contributed by atoms with Gasteiger partial charge in [-0.3, -0.25) is 0 Å². The molecule has 1 aromatic carbocycles. The summed E-state index contributed by atoms with van der Waals surface area (Å²) in [5.74, 6) is -0.0942. The summed E-state index contributed by atoms with van der Waals surface area (Å²) in [5, 5.41) is 2.44. The van der Waals surface area contributed by atoms with Crippen LogP contribution >= 0.6 is 0 Å². The second kappa shape index (κ2) is 5.59. The maximum Gasteiger partial charge on any atom is 0.253 e. The van der Waals surface area contributed by atoms with Crippen molar-refractivity contribution in [3.63, 3.8) is 0 Å². The van der Waals surface area contributed by atoms with E-state index in [4.69, 9.17) is 0 Å². The molecular formula is C14H19N3O4S2. The fourth-order valence-electron chi connectivity index (χ4n) is 2.75. The van der Waals surface area contributed by atoms with E-state index in [0.29, 0.717) is 0 Å². The van der Waals surface area contributed by atoms with Gasteiger partial charge in [0.1, 0.15) is 0 Å². The van der Waals surface area contributed by atoms with Gasteiger partial charge in [0, 0.05) is 31.3 Å². The van der Waals surface area contributed by atoms with E-state index in [2.05, 4.69) is 4.83 Å². The predicted molar refractivity (Wildman–Crippen MR) is 88.1 cm³/mol. The first-order chi connectivity index (χ1) is 10.7. The lowest BCUT2D eigenvalue weighted by Gasteiger charge is -2.32. The highest BCUT2D eigenvalue weighted by Gasteiger charge is 2.31. The molecule has 1 atom stereocenters. The molecule has 0 spiro atoms. The van der Waals surface area contributed by atoms with Gasteiger partial charge in [-0.15, -0.1) is 4.83 Å². The molecule has 1 fully saturated rings. The molecule has 7 nitrogen and oxygen atoms in total. The van der Waals surface area contributed by atoms with E-state index in [1.165, 1.54) is 5.01 Å². The summed E-state index contributed by atoms with van der Waals surface area (Å²) in [5.41, 5.74) is 0.821. The number of aryl methyl sites for hydroxylation is 1. The van der Waals surface area contributed by atoms with Crippen LogP contribution in [0.1, 0.15) is 6.92 Å². The van der Waals surface area contributed by atoms with Gasteiger partial charge < -0.3 is 4.57 Å². The number of hydrogen-bond acceptors (Lipinski definition) is 5. The number of sulfonamides is 1. The van der Waals surface area contributed by atoms with Crippen LogP contribution in [-0.2, 0) is 26.9 Å². The number of benzene rings is 1. The molecule has 126 valence electrons. The van der Waals surface area contributed by atoms with E-state index >= 15 is 0 Å². The summed E-state index contributed by atoms with van der Waals surface area (Å²) in [6.07, 6.45) is 1.87. The molecule has 1 unspecified atom stereocenters. The number of hydrazine groups is 1. The van der Waals surface area contributed by atoms with Gasteiger partial charge in [0.05, 0.1) is 16.4 Å². The fraction of sp³-hybridized carbons (Fsp3) is 0.429. The van der Waals surface area contributed by atoms with Crippen molar-refractivity contribution < 1.29 is 16.8 Å². The second-order valence-corrected chi connectivity index (χ2v) is 9.79.